The van der Waals surface area contributed by atoms with Crippen LogP contribution in [0.2, 0.25) is 0 Å². The van der Waals surface area contributed by atoms with Crippen molar-refractivity contribution in [3.05, 3.63) is 81.2 Å². The van der Waals surface area contributed by atoms with Crippen LogP contribution in [0.3, 0.4) is 0 Å². The summed E-state index contributed by atoms with van der Waals surface area (Å²) >= 11 is 0. The molecule has 34 heavy (non-hydrogen) atoms. The largest absolute Gasteiger partial charge is 0.365 e. The number of hydrogen-bond acceptors (Lipinski definition) is 6. The molecule has 0 saturated heterocycles. The molecule has 0 radical (unpaired) electrons. The number of nitrogens with two attached hydrogens (primary N) is 1. The lowest BCUT2D eigenvalue weighted by Gasteiger charge is -2.16. The first kappa shape index (κ1) is 24.7. The van der Waals surface area contributed by atoms with Gasteiger partial charge in [0.15, 0.2) is 11.6 Å². The second-order valence-electron chi connectivity index (χ2n) is 7.08. The molecule has 5 N–H and O–H groups in total. The molecular weight excluding hydrogens is 477 g/mol. The molecule has 3 aromatic rings. The van der Waals surface area contributed by atoms with Gasteiger partial charge in [-0.2, -0.15) is 12.8 Å². The number of primary amides is 1. The second-order valence-corrected chi connectivity index (χ2v) is 8.70. The first-order valence-corrected chi connectivity index (χ1v) is 11.0. The van der Waals surface area contributed by atoms with Crippen LogP contribution >= 0.6 is 0 Å². The highest BCUT2D eigenvalue weighted by atomic mass is 32.2. The lowest BCUT2D eigenvalue weighted by atomic mass is 10.1. The van der Waals surface area contributed by atoms with Crippen molar-refractivity contribution >= 4 is 33.3 Å². The van der Waals surface area contributed by atoms with Crippen LogP contribution in [0.5, 0.6) is 0 Å². The van der Waals surface area contributed by atoms with Crippen LogP contribution in [0.25, 0.3) is 0 Å². The van der Waals surface area contributed by atoms with Crippen LogP contribution in [0.15, 0.2) is 41.5 Å². The molecule has 1 amide bonds. The zero-order valence-electron chi connectivity index (χ0n) is 17.8. The van der Waals surface area contributed by atoms with E-state index in [0.717, 1.165) is 31.6 Å². The van der Waals surface area contributed by atoms with Gasteiger partial charge < -0.3 is 15.6 Å². The Morgan fingerprint density at radius 1 is 1.18 bits per heavy atom. The van der Waals surface area contributed by atoms with Crippen LogP contribution in [0.4, 0.5) is 30.4 Å². The standard InChI is InChI=1S/C20H19F3N6O4S/c1-10-3-4-14(13(21)7-10)27-17-12(18(24)30)9-29(20(31)16(17)23)8-11-5-6-26-19(15(11)22)28-34(32,33)25-2/h3-7,9,25,27H,8H2,1-2H3,(H2,24,30)(H,26,28). The summed E-state index contributed by atoms with van der Waals surface area (Å²) in [5, 5.41) is 2.37. The number of rotatable bonds is 8. The highest BCUT2D eigenvalue weighted by molar-refractivity contribution is 7.90. The fraction of sp³-hybridized carbons (Fsp3) is 0.150. The molecule has 1 aromatic carbocycles. The van der Waals surface area contributed by atoms with Crippen LogP contribution in [-0.2, 0) is 16.8 Å². The van der Waals surface area contributed by atoms with Gasteiger partial charge in [-0.3, -0.25) is 14.3 Å². The van der Waals surface area contributed by atoms with E-state index in [4.69, 9.17) is 5.73 Å². The fourth-order valence-corrected chi connectivity index (χ4v) is 3.45. The molecule has 0 spiro atoms. The molecule has 2 aromatic heterocycles. The maximum atomic E-state index is 15.0. The van der Waals surface area contributed by atoms with Gasteiger partial charge in [0, 0.05) is 25.0 Å². The highest BCUT2D eigenvalue weighted by Gasteiger charge is 2.22. The third kappa shape index (κ3) is 5.18. The Kier molecular flexibility index (Phi) is 6.93. The number of halogens is 3. The summed E-state index contributed by atoms with van der Waals surface area (Å²) in [4.78, 5) is 28.2. The summed E-state index contributed by atoms with van der Waals surface area (Å²) < 4.78 is 71.7. The second kappa shape index (κ2) is 9.52. The number of carbonyl (C=O) groups is 1. The van der Waals surface area contributed by atoms with Crippen molar-refractivity contribution in [3.8, 4) is 0 Å². The molecule has 3 rings (SSSR count). The minimum Gasteiger partial charge on any atom is -0.365 e. The highest BCUT2D eigenvalue weighted by Crippen LogP contribution is 2.25. The van der Waals surface area contributed by atoms with E-state index in [0.29, 0.717) is 10.1 Å². The van der Waals surface area contributed by atoms with E-state index in [2.05, 4.69) is 10.3 Å². The molecule has 14 heteroatoms. The van der Waals surface area contributed by atoms with Crippen molar-refractivity contribution in [1.29, 1.82) is 0 Å². The Morgan fingerprint density at radius 2 is 1.88 bits per heavy atom. The number of amides is 1. The third-order valence-corrected chi connectivity index (χ3v) is 5.68. The summed E-state index contributed by atoms with van der Waals surface area (Å²) in [5.41, 5.74) is 3.06. The number of hydrogen-bond donors (Lipinski definition) is 4. The Hall–Kier alpha value is -3.91. The normalized spacial score (nSPS) is 11.3. The molecular formula is C20H19F3N6O4S. The SMILES string of the molecule is CNS(=O)(=O)Nc1nccc(Cn2cc(C(N)=O)c(Nc3ccc(C)cc3F)c(F)c2=O)c1F. The quantitative estimate of drug-likeness (QED) is 0.373. The van der Waals surface area contributed by atoms with E-state index in [1.807, 2.05) is 9.44 Å². The maximum Gasteiger partial charge on any atom is 0.300 e. The van der Waals surface area contributed by atoms with Gasteiger partial charge in [-0.25, -0.2) is 18.5 Å². The zero-order chi connectivity index (χ0) is 25.2. The monoisotopic (exact) mass is 496 g/mol. The van der Waals surface area contributed by atoms with Gasteiger partial charge in [0.2, 0.25) is 5.82 Å². The Bertz CT molecular complexity index is 1440. The van der Waals surface area contributed by atoms with Gasteiger partial charge in [-0.05, 0) is 30.7 Å². The first-order valence-electron chi connectivity index (χ1n) is 9.54. The van der Waals surface area contributed by atoms with Crippen LogP contribution in [0, 0.1) is 24.4 Å². The summed E-state index contributed by atoms with van der Waals surface area (Å²) in [6, 6.07) is 5.12. The van der Waals surface area contributed by atoms with Crippen LogP contribution < -0.4 is 26.1 Å². The number of benzene rings is 1. The van der Waals surface area contributed by atoms with Gasteiger partial charge in [-0.15, -0.1) is 0 Å². The van der Waals surface area contributed by atoms with Gasteiger partial charge >= 0.3 is 0 Å². The molecule has 0 aliphatic rings. The van der Waals surface area contributed by atoms with E-state index >= 15 is 0 Å². The molecule has 0 unspecified atom stereocenters. The average Bonchev–Trinajstić information content (AvgIpc) is 2.77. The molecule has 0 aliphatic heterocycles. The van der Waals surface area contributed by atoms with E-state index in [1.165, 1.54) is 12.1 Å². The predicted molar refractivity (Wildman–Crippen MR) is 118 cm³/mol. The minimum atomic E-state index is -4.09. The van der Waals surface area contributed by atoms with E-state index in [9.17, 15) is 31.2 Å². The van der Waals surface area contributed by atoms with Crippen molar-refractivity contribution in [1.82, 2.24) is 14.3 Å². The van der Waals surface area contributed by atoms with Crippen molar-refractivity contribution in [2.75, 3.05) is 17.1 Å². The Balaban J connectivity index is 2.05. The number of pyridine rings is 2. The summed E-state index contributed by atoms with van der Waals surface area (Å²) in [7, 11) is -3.00. The average molecular weight is 496 g/mol. The summed E-state index contributed by atoms with van der Waals surface area (Å²) in [6.45, 7) is 1.04. The third-order valence-electron chi connectivity index (χ3n) is 4.68. The minimum absolute atomic E-state index is 0.203. The number of anilines is 3. The van der Waals surface area contributed by atoms with E-state index in [-0.39, 0.29) is 11.3 Å². The van der Waals surface area contributed by atoms with Gasteiger partial charge in [0.05, 0.1) is 23.5 Å². The van der Waals surface area contributed by atoms with Gasteiger partial charge in [0.25, 0.3) is 21.7 Å². The van der Waals surface area contributed by atoms with Crippen LogP contribution in [0.1, 0.15) is 21.5 Å². The lowest BCUT2D eigenvalue weighted by molar-refractivity contribution is 0.1000. The number of aromatic nitrogens is 2. The van der Waals surface area contributed by atoms with Crippen LogP contribution in [-0.4, -0.2) is 30.9 Å². The maximum absolute atomic E-state index is 15.0. The summed E-state index contributed by atoms with van der Waals surface area (Å²) in [5.74, 6) is -5.14. The number of carbonyl (C=O) groups excluding carboxylic acids is 1. The van der Waals surface area contributed by atoms with E-state index in [1.54, 1.807) is 6.92 Å². The summed E-state index contributed by atoms with van der Waals surface area (Å²) in [6.07, 6.45) is 1.96. The van der Waals surface area contributed by atoms with Gasteiger partial charge in [0.1, 0.15) is 5.82 Å². The topological polar surface area (TPSA) is 148 Å². The molecule has 0 aliphatic carbocycles. The van der Waals surface area contributed by atoms with Crippen molar-refractivity contribution in [3.63, 3.8) is 0 Å². The van der Waals surface area contributed by atoms with Gasteiger partial charge in [-0.1, -0.05) is 6.07 Å². The molecule has 10 nitrogen and oxygen atoms in total. The smallest absolute Gasteiger partial charge is 0.300 e. The predicted octanol–water partition coefficient (Wildman–Crippen LogP) is 1.74. The molecule has 180 valence electrons. The van der Waals surface area contributed by atoms with Crippen molar-refractivity contribution in [2.45, 2.75) is 13.5 Å². The number of aryl methyl sites for hydroxylation is 1. The Morgan fingerprint density at radius 3 is 2.50 bits per heavy atom. The van der Waals surface area contributed by atoms with E-state index < -0.39 is 62.7 Å². The molecule has 0 saturated carbocycles. The number of nitrogens with one attached hydrogen (secondary N) is 3. The molecule has 0 atom stereocenters. The molecule has 0 bridgehead atoms. The zero-order valence-corrected chi connectivity index (χ0v) is 18.6. The molecule has 2 heterocycles. The molecule has 0 fully saturated rings. The number of nitrogens with zero attached hydrogens (tertiary/aromatic N) is 2. The Labute approximate surface area is 191 Å². The fourth-order valence-electron chi connectivity index (χ4n) is 2.95. The van der Waals surface area contributed by atoms with Crippen molar-refractivity contribution in [2.24, 2.45) is 5.73 Å². The van der Waals surface area contributed by atoms with Crippen molar-refractivity contribution < 1.29 is 26.4 Å². The lowest BCUT2D eigenvalue weighted by Crippen LogP contribution is -2.29. The first-order chi connectivity index (χ1) is 15.9.